The quantitative estimate of drug-likeness (QED) is 0.681. The largest absolute Gasteiger partial charge is 0.480 e. The molecule has 0 radical (unpaired) electrons. The summed E-state index contributed by atoms with van der Waals surface area (Å²) in [4.78, 5) is 10.8. The van der Waals surface area contributed by atoms with E-state index in [0.29, 0.717) is 26.1 Å². The van der Waals surface area contributed by atoms with Crippen molar-refractivity contribution in [1.82, 2.24) is 0 Å². The fourth-order valence-corrected chi connectivity index (χ4v) is 1.96. The van der Waals surface area contributed by atoms with Gasteiger partial charge in [0.15, 0.2) is 0 Å². The third-order valence-electron chi connectivity index (χ3n) is 2.08. The number of hydrogen-bond acceptors (Lipinski definition) is 3. The van der Waals surface area contributed by atoms with Gasteiger partial charge in [0.25, 0.3) is 0 Å². The summed E-state index contributed by atoms with van der Waals surface area (Å²) >= 11 is 1.42. The third kappa shape index (κ3) is 1.68. The van der Waals surface area contributed by atoms with Crippen LogP contribution in [0.15, 0.2) is 0 Å². The second kappa shape index (κ2) is 3.45. The second-order valence-electron chi connectivity index (χ2n) is 2.62. The lowest BCUT2D eigenvalue weighted by atomic mass is 9.99. The Morgan fingerprint density at radius 1 is 1.55 bits per heavy atom. The molecule has 1 N–H and O–H groups in total. The van der Waals surface area contributed by atoms with Crippen LogP contribution in [0.3, 0.4) is 0 Å². The van der Waals surface area contributed by atoms with Crippen molar-refractivity contribution < 1.29 is 14.6 Å². The highest BCUT2D eigenvalue weighted by Crippen LogP contribution is 2.33. The van der Waals surface area contributed by atoms with Crippen LogP contribution in [0, 0.1) is 0 Å². The molecule has 0 bridgehead atoms. The molecule has 0 unspecified atom stereocenters. The number of carbonyl (C=O) groups is 1. The number of hydrogen-bond donors (Lipinski definition) is 1. The van der Waals surface area contributed by atoms with Crippen LogP contribution in [0.2, 0.25) is 0 Å². The summed E-state index contributed by atoms with van der Waals surface area (Å²) in [6.07, 6.45) is 3.10. The Balaban J connectivity index is 2.64. The molecule has 4 heteroatoms. The maximum atomic E-state index is 10.8. The first kappa shape index (κ1) is 8.87. The van der Waals surface area contributed by atoms with Crippen molar-refractivity contribution in [2.45, 2.75) is 17.6 Å². The highest BCUT2D eigenvalue weighted by molar-refractivity contribution is 8.00. The first-order chi connectivity index (χ1) is 5.21. The molecule has 0 aromatic rings. The molecule has 0 aliphatic carbocycles. The molecule has 11 heavy (non-hydrogen) atoms. The molecule has 0 spiro atoms. The van der Waals surface area contributed by atoms with E-state index in [1.807, 2.05) is 6.26 Å². The number of carboxylic acids is 1. The smallest absolute Gasteiger partial charge is 0.319 e. The van der Waals surface area contributed by atoms with E-state index in [0.717, 1.165) is 0 Å². The summed E-state index contributed by atoms with van der Waals surface area (Å²) in [5, 5.41) is 8.91. The van der Waals surface area contributed by atoms with Gasteiger partial charge in [0.2, 0.25) is 0 Å². The van der Waals surface area contributed by atoms with Crippen molar-refractivity contribution in [2.24, 2.45) is 0 Å². The minimum Gasteiger partial charge on any atom is -0.480 e. The van der Waals surface area contributed by atoms with Crippen LogP contribution in [-0.2, 0) is 9.53 Å². The van der Waals surface area contributed by atoms with Crippen LogP contribution in [0.5, 0.6) is 0 Å². The van der Waals surface area contributed by atoms with Crippen LogP contribution in [0.4, 0.5) is 0 Å². The highest BCUT2D eigenvalue weighted by atomic mass is 32.2. The van der Waals surface area contributed by atoms with Gasteiger partial charge in [0.05, 0.1) is 0 Å². The van der Waals surface area contributed by atoms with Gasteiger partial charge < -0.3 is 9.84 Å². The molecule has 64 valence electrons. The van der Waals surface area contributed by atoms with Crippen molar-refractivity contribution in [2.75, 3.05) is 19.5 Å². The lowest BCUT2D eigenvalue weighted by Crippen LogP contribution is -2.40. The van der Waals surface area contributed by atoms with Crippen LogP contribution < -0.4 is 0 Å². The summed E-state index contributed by atoms with van der Waals surface area (Å²) < 4.78 is 4.53. The molecule has 1 fully saturated rings. The number of ether oxygens (including phenoxy) is 1. The second-order valence-corrected chi connectivity index (χ2v) is 3.81. The monoisotopic (exact) mass is 176 g/mol. The van der Waals surface area contributed by atoms with Gasteiger partial charge in [0, 0.05) is 13.2 Å². The Bertz CT molecular complexity index is 152. The number of thioether (sulfide) groups is 1. The van der Waals surface area contributed by atoms with Crippen molar-refractivity contribution in [3.63, 3.8) is 0 Å². The summed E-state index contributed by atoms with van der Waals surface area (Å²) in [5.74, 6) is -0.701. The molecule has 1 heterocycles. The number of aliphatic carboxylic acids is 1. The van der Waals surface area contributed by atoms with E-state index in [2.05, 4.69) is 0 Å². The average Bonchev–Trinajstić information content (AvgIpc) is 2.05. The van der Waals surface area contributed by atoms with E-state index in [4.69, 9.17) is 9.84 Å². The molecule has 1 saturated heterocycles. The van der Waals surface area contributed by atoms with Crippen molar-refractivity contribution in [1.29, 1.82) is 0 Å². The molecule has 1 aliphatic heterocycles. The van der Waals surface area contributed by atoms with Crippen molar-refractivity contribution >= 4 is 17.7 Å². The molecule has 0 amide bonds. The maximum Gasteiger partial charge on any atom is 0.319 e. The number of rotatable bonds is 2. The molecule has 1 aliphatic rings. The van der Waals surface area contributed by atoms with E-state index >= 15 is 0 Å². The topological polar surface area (TPSA) is 46.5 Å². The standard InChI is InChI=1S/C7H12O3S/c1-11-7(6(8)9)2-4-10-5-3-7/h2-5H2,1H3,(H,8,9). The van der Waals surface area contributed by atoms with E-state index < -0.39 is 10.7 Å². The van der Waals surface area contributed by atoms with Crippen molar-refractivity contribution in [3.8, 4) is 0 Å². The lowest BCUT2D eigenvalue weighted by Gasteiger charge is -2.30. The minimum atomic E-state index is -0.701. The molecular formula is C7H12O3S. The van der Waals surface area contributed by atoms with E-state index in [9.17, 15) is 4.79 Å². The van der Waals surface area contributed by atoms with Gasteiger partial charge in [-0.3, -0.25) is 4.79 Å². The fraction of sp³-hybridized carbons (Fsp3) is 0.857. The Morgan fingerprint density at radius 2 is 2.09 bits per heavy atom. The predicted molar refractivity (Wildman–Crippen MR) is 43.9 cm³/mol. The van der Waals surface area contributed by atoms with Gasteiger partial charge in [-0.05, 0) is 19.1 Å². The summed E-state index contributed by atoms with van der Waals surface area (Å²) in [6.45, 7) is 1.15. The Morgan fingerprint density at radius 3 is 2.36 bits per heavy atom. The SMILES string of the molecule is CSC1(C(=O)O)CCOCC1. The van der Waals surface area contributed by atoms with Gasteiger partial charge >= 0.3 is 5.97 Å². The van der Waals surface area contributed by atoms with Gasteiger partial charge in [0.1, 0.15) is 4.75 Å². The molecular weight excluding hydrogens is 164 g/mol. The average molecular weight is 176 g/mol. The Kier molecular flexibility index (Phi) is 2.78. The summed E-state index contributed by atoms with van der Waals surface area (Å²) in [6, 6.07) is 0. The van der Waals surface area contributed by atoms with Gasteiger partial charge in [-0.25, -0.2) is 0 Å². The lowest BCUT2D eigenvalue weighted by molar-refractivity contribution is -0.142. The van der Waals surface area contributed by atoms with Crippen LogP contribution in [0.25, 0.3) is 0 Å². The van der Waals surface area contributed by atoms with Crippen LogP contribution >= 0.6 is 11.8 Å². The molecule has 0 saturated carbocycles. The summed E-state index contributed by atoms with van der Waals surface area (Å²) in [7, 11) is 0. The third-order valence-corrected chi connectivity index (χ3v) is 3.45. The van der Waals surface area contributed by atoms with Gasteiger partial charge in [-0.15, -0.1) is 11.8 Å². The van der Waals surface area contributed by atoms with Crippen LogP contribution in [0.1, 0.15) is 12.8 Å². The van der Waals surface area contributed by atoms with Crippen LogP contribution in [-0.4, -0.2) is 35.3 Å². The minimum absolute atomic E-state index is 0.571. The molecule has 3 nitrogen and oxygen atoms in total. The van der Waals surface area contributed by atoms with E-state index in [-0.39, 0.29) is 0 Å². The van der Waals surface area contributed by atoms with Crippen molar-refractivity contribution in [3.05, 3.63) is 0 Å². The normalized spacial score (nSPS) is 23.0. The van der Waals surface area contributed by atoms with E-state index in [1.54, 1.807) is 0 Å². The first-order valence-corrected chi connectivity index (χ1v) is 4.80. The zero-order chi connectivity index (χ0) is 8.32. The molecule has 0 aromatic carbocycles. The maximum absolute atomic E-state index is 10.8. The predicted octanol–water partition coefficient (Wildman–Crippen LogP) is 0.983. The zero-order valence-corrected chi connectivity index (χ0v) is 7.32. The van der Waals surface area contributed by atoms with E-state index in [1.165, 1.54) is 11.8 Å². The summed E-state index contributed by atoms with van der Waals surface area (Å²) in [5.41, 5.74) is 0. The first-order valence-electron chi connectivity index (χ1n) is 3.57. The Hall–Kier alpha value is -0.220. The Labute approximate surface area is 70.1 Å². The van der Waals surface area contributed by atoms with Gasteiger partial charge in [-0.2, -0.15) is 0 Å². The highest BCUT2D eigenvalue weighted by Gasteiger charge is 2.39. The zero-order valence-electron chi connectivity index (χ0n) is 6.50. The van der Waals surface area contributed by atoms with Gasteiger partial charge in [-0.1, -0.05) is 0 Å². The number of carboxylic acid groups (broad SMARTS) is 1. The fourth-order valence-electron chi connectivity index (χ4n) is 1.21. The molecule has 1 rings (SSSR count). The molecule has 0 atom stereocenters. The molecule has 0 aromatic heterocycles.